The normalized spacial score (nSPS) is 20.6. The smallest absolute Gasteiger partial charge is 0.165 e. The molecule has 0 N–H and O–H groups in total. The molecule has 7 rings (SSSR count). The Balaban J connectivity index is 1.07. The molecular weight excluding hydrogens is 569 g/mol. The lowest BCUT2D eigenvalue weighted by atomic mass is 9.88. The van der Waals surface area contributed by atoms with Crippen molar-refractivity contribution < 1.29 is 23.3 Å². The molecule has 0 unspecified atom stereocenters. The fraction of sp³-hybridized carbons (Fsp3) is 0.382. The summed E-state index contributed by atoms with van der Waals surface area (Å²) in [7, 11) is 1.64. The predicted molar refractivity (Wildman–Crippen MR) is 164 cm³/mol. The minimum atomic E-state index is -0.528. The number of nitrogens with zero attached hydrogens (tertiary/aromatic N) is 3. The van der Waals surface area contributed by atoms with Gasteiger partial charge in [0.2, 0.25) is 0 Å². The maximum atomic E-state index is 14.7. The Bertz CT molecular complexity index is 1660. The summed E-state index contributed by atoms with van der Waals surface area (Å²) < 4.78 is 40.7. The summed E-state index contributed by atoms with van der Waals surface area (Å²) in [6.07, 6.45) is 2.70. The lowest BCUT2D eigenvalue weighted by molar-refractivity contribution is -0.0592. The number of imidazole rings is 1. The van der Waals surface area contributed by atoms with E-state index in [2.05, 4.69) is 28.2 Å². The number of rotatable bonds is 8. The lowest BCUT2D eigenvalue weighted by Crippen LogP contribution is -2.35. The molecule has 4 aromatic rings. The van der Waals surface area contributed by atoms with Gasteiger partial charge in [0, 0.05) is 28.3 Å². The van der Waals surface area contributed by atoms with Crippen molar-refractivity contribution in [3.05, 3.63) is 94.5 Å². The van der Waals surface area contributed by atoms with E-state index in [-0.39, 0.29) is 18.5 Å². The van der Waals surface area contributed by atoms with Gasteiger partial charge in [-0.15, -0.1) is 0 Å². The summed E-state index contributed by atoms with van der Waals surface area (Å²) in [5.41, 5.74) is 4.58. The van der Waals surface area contributed by atoms with Gasteiger partial charge in [0.05, 0.1) is 37.3 Å². The monoisotopic (exact) mass is 603 g/mol. The number of halogens is 2. The summed E-state index contributed by atoms with van der Waals surface area (Å²) >= 11 is 5.98. The van der Waals surface area contributed by atoms with E-state index in [1.807, 2.05) is 24.3 Å². The highest BCUT2D eigenvalue weighted by Gasteiger charge is 2.31. The molecule has 0 bridgehead atoms. The Hall–Kier alpha value is -3.59. The summed E-state index contributed by atoms with van der Waals surface area (Å²) in [5, 5.41) is 0.361. The van der Waals surface area contributed by atoms with Crippen LogP contribution in [0.2, 0.25) is 5.02 Å². The Morgan fingerprint density at radius 3 is 2.67 bits per heavy atom. The first-order valence-corrected chi connectivity index (χ1v) is 15.3. The fourth-order valence-electron chi connectivity index (χ4n) is 6.37. The molecule has 0 spiro atoms. The maximum absolute atomic E-state index is 14.7. The second-order valence-corrected chi connectivity index (χ2v) is 12.0. The van der Waals surface area contributed by atoms with Gasteiger partial charge in [-0.2, -0.15) is 0 Å². The molecule has 1 aromatic heterocycles. The van der Waals surface area contributed by atoms with Gasteiger partial charge in [-0.1, -0.05) is 36.4 Å². The number of aromatic nitrogens is 2. The molecular formula is C34H35ClFN3O4. The van der Waals surface area contributed by atoms with Crippen LogP contribution in [0.15, 0.2) is 61.2 Å². The van der Waals surface area contributed by atoms with Crippen molar-refractivity contribution in [2.45, 2.75) is 50.5 Å². The summed E-state index contributed by atoms with van der Waals surface area (Å²) in [4.78, 5) is 7.52. The number of hydrogen-bond donors (Lipinski definition) is 0. The number of fused-ring (bicyclic) bond motifs is 2. The molecule has 0 saturated carbocycles. The van der Waals surface area contributed by atoms with Gasteiger partial charge in [0.15, 0.2) is 17.6 Å². The van der Waals surface area contributed by atoms with Crippen LogP contribution in [0.1, 0.15) is 53.8 Å². The van der Waals surface area contributed by atoms with E-state index in [4.69, 9.17) is 35.5 Å². The van der Waals surface area contributed by atoms with Crippen molar-refractivity contribution in [1.82, 2.24) is 14.5 Å². The third kappa shape index (κ3) is 5.59. The van der Waals surface area contributed by atoms with Crippen LogP contribution >= 0.6 is 11.6 Å². The van der Waals surface area contributed by atoms with Gasteiger partial charge in [0.1, 0.15) is 24.0 Å². The Labute approximate surface area is 255 Å². The third-order valence-corrected chi connectivity index (χ3v) is 9.17. The molecule has 2 fully saturated rings. The lowest BCUT2D eigenvalue weighted by Gasteiger charge is -2.35. The molecule has 2 saturated heterocycles. The Morgan fingerprint density at radius 1 is 1.09 bits per heavy atom. The van der Waals surface area contributed by atoms with Crippen molar-refractivity contribution in [3.8, 4) is 11.5 Å². The number of para-hydroxylation sites is 1. The molecule has 4 heterocycles. The van der Waals surface area contributed by atoms with Gasteiger partial charge >= 0.3 is 0 Å². The molecule has 7 nitrogen and oxygen atoms in total. The maximum Gasteiger partial charge on any atom is 0.165 e. The van der Waals surface area contributed by atoms with E-state index in [0.29, 0.717) is 28.0 Å². The minimum Gasteiger partial charge on any atom is -0.497 e. The first-order chi connectivity index (χ1) is 21.0. The zero-order valence-electron chi connectivity index (χ0n) is 24.2. The van der Waals surface area contributed by atoms with Gasteiger partial charge in [-0.3, -0.25) is 4.90 Å². The minimum absolute atomic E-state index is 0.216. The topological polar surface area (TPSA) is 58.0 Å². The first-order valence-electron chi connectivity index (χ1n) is 14.9. The molecule has 0 amide bonds. The SMILES string of the molecule is C=C(OC)c1ccc2nc(CN3CCC(c4cccc5c4O[C@@H](c4ccc(Cl)cc4F)CO5)CC3)n(C[C@@H]3CCO3)c2c1. The van der Waals surface area contributed by atoms with Crippen molar-refractivity contribution in [1.29, 1.82) is 0 Å². The largest absolute Gasteiger partial charge is 0.497 e. The average Bonchev–Trinajstić information content (AvgIpc) is 3.34. The van der Waals surface area contributed by atoms with Crippen molar-refractivity contribution in [3.63, 3.8) is 0 Å². The standard InChI is InChI=1S/C34H35ClFN3O4/c1-21(40-2)23-6-9-29-30(16-23)39(18-25-12-15-41-25)33(37-29)19-38-13-10-22(11-14-38)26-4-3-5-31-34(26)43-32(20-42-31)27-8-7-24(35)17-28(27)36/h3-9,16-17,22,25,32H,1,10-15,18-20H2,2H3/t25-,32+/m0/s1. The van der Waals surface area contributed by atoms with Crippen LogP contribution in [0.25, 0.3) is 16.8 Å². The third-order valence-electron chi connectivity index (χ3n) is 8.94. The molecule has 224 valence electrons. The average molecular weight is 604 g/mol. The van der Waals surface area contributed by atoms with Crippen LogP contribution in [0.5, 0.6) is 11.5 Å². The number of piperidine rings is 1. The van der Waals surface area contributed by atoms with Crippen LogP contribution in [-0.4, -0.2) is 54.0 Å². The van der Waals surface area contributed by atoms with E-state index in [1.54, 1.807) is 19.2 Å². The summed E-state index contributed by atoms with van der Waals surface area (Å²) in [5.74, 6) is 3.06. The first kappa shape index (κ1) is 28.2. The second-order valence-electron chi connectivity index (χ2n) is 11.6. The number of ether oxygens (including phenoxy) is 4. The van der Waals surface area contributed by atoms with Gasteiger partial charge in [-0.25, -0.2) is 9.37 Å². The molecule has 3 aliphatic rings. The second kappa shape index (κ2) is 11.8. The molecule has 3 aliphatic heterocycles. The van der Waals surface area contributed by atoms with Gasteiger partial charge in [-0.05, 0) is 74.7 Å². The highest BCUT2D eigenvalue weighted by Crippen LogP contribution is 2.45. The van der Waals surface area contributed by atoms with Crippen LogP contribution in [0.3, 0.4) is 0 Å². The van der Waals surface area contributed by atoms with Crippen molar-refractivity contribution in [2.24, 2.45) is 0 Å². The highest BCUT2D eigenvalue weighted by molar-refractivity contribution is 6.30. The van der Waals surface area contributed by atoms with Crippen LogP contribution in [0.4, 0.5) is 4.39 Å². The highest BCUT2D eigenvalue weighted by atomic mass is 35.5. The van der Waals surface area contributed by atoms with Crippen molar-refractivity contribution >= 4 is 28.4 Å². The van der Waals surface area contributed by atoms with Crippen molar-refractivity contribution in [2.75, 3.05) is 33.4 Å². The molecule has 43 heavy (non-hydrogen) atoms. The number of benzene rings is 3. The Morgan fingerprint density at radius 2 is 1.93 bits per heavy atom. The van der Waals surface area contributed by atoms with Crippen LogP contribution in [0, 0.1) is 5.82 Å². The van der Waals surface area contributed by atoms with Crippen LogP contribution in [-0.2, 0) is 22.6 Å². The fourth-order valence-corrected chi connectivity index (χ4v) is 6.53. The predicted octanol–water partition coefficient (Wildman–Crippen LogP) is 7.13. The molecule has 0 aliphatic carbocycles. The molecule has 3 aromatic carbocycles. The molecule has 2 atom stereocenters. The van der Waals surface area contributed by atoms with Gasteiger partial charge in [0.25, 0.3) is 0 Å². The number of methoxy groups -OCH3 is 1. The number of likely N-dealkylation sites (tertiary alicyclic amines) is 1. The summed E-state index contributed by atoms with van der Waals surface area (Å²) in [6, 6.07) is 16.9. The van der Waals surface area contributed by atoms with E-state index >= 15 is 0 Å². The quantitative estimate of drug-likeness (QED) is 0.200. The molecule has 9 heteroatoms. The molecule has 0 radical (unpaired) electrons. The number of hydrogen-bond acceptors (Lipinski definition) is 6. The van der Waals surface area contributed by atoms with Gasteiger partial charge < -0.3 is 23.5 Å². The van der Waals surface area contributed by atoms with E-state index < -0.39 is 6.10 Å². The zero-order valence-corrected chi connectivity index (χ0v) is 25.0. The van der Waals surface area contributed by atoms with Crippen LogP contribution < -0.4 is 9.47 Å². The zero-order chi connectivity index (χ0) is 29.5. The summed E-state index contributed by atoms with van der Waals surface area (Å²) in [6.45, 7) is 8.51. The van der Waals surface area contributed by atoms with E-state index in [1.165, 1.54) is 6.07 Å². The Kier molecular flexibility index (Phi) is 7.76. The van der Waals surface area contributed by atoms with E-state index in [0.717, 1.165) is 85.8 Å². The van der Waals surface area contributed by atoms with E-state index in [9.17, 15) is 4.39 Å².